The van der Waals surface area contributed by atoms with Crippen LogP contribution in [0.2, 0.25) is 0 Å². The van der Waals surface area contributed by atoms with E-state index in [1.807, 2.05) is 6.07 Å². The van der Waals surface area contributed by atoms with Crippen molar-refractivity contribution in [3.05, 3.63) is 59.7 Å². The second kappa shape index (κ2) is 4.90. The average molecular weight is 223 g/mol. The monoisotopic (exact) mass is 223 g/mol. The molecule has 1 N–H and O–H groups in total. The smallest absolute Gasteiger partial charge is 0.125 e. The molecule has 1 aromatic carbocycles. The fourth-order valence-corrected chi connectivity index (χ4v) is 1.32. The van der Waals surface area contributed by atoms with Gasteiger partial charge in [0.2, 0.25) is 0 Å². The number of aliphatic hydroxyl groups is 1. The van der Waals surface area contributed by atoms with E-state index in [1.54, 1.807) is 42.9 Å². The van der Waals surface area contributed by atoms with Crippen LogP contribution in [0.4, 0.5) is 0 Å². The Balaban J connectivity index is 2.28. The maximum Gasteiger partial charge on any atom is 0.125 e. The van der Waals surface area contributed by atoms with Crippen molar-refractivity contribution in [3.63, 3.8) is 0 Å². The summed E-state index contributed by atoms with van der Waals surface area (Å²) in [6, 6.07) is 8.68. The van der Waals surface area contributed by atoms with Gasteiger partial charge in [-0.3, -0.25) is 9.97 Å². The van der Waals surface area contributed by atoms with Crippen LogP contribution in [0.3, 0.4) is 0 Å². The van der Waals surface area contributed by atoms with E-state index < -0.39 is 0 Å². The number of aromatic nitrogens is 2. The molecule has 0 aliphatic rings. The first-order chi connectivity index (χ1) is 8.29. The molecule has 0 saturated heterocycles. The Morgan fingerprint density at radius 1 is 1.24 bits per heavy atom. The molecule has 0 amide bonds. The van der Waals surface area contributed by atoms with E-state index in [2.05, 4.69) is 9.97 Å². The SMILES string of the molecule is N#Cc1ccc(/C(O)=C/c2cnccn2)cc1. The van der Waals surface area contributed by atoms with E-state index >= 15 is 0 Å². The molecule has 0 aliphatic carbocycles. The molecular formula is C13H9N3O. The normalized spacial score (nSPS) is 10.9. The third kappa shape index (κ3) is 2.67. The molecule has 0 spiro atoms. The molecule has 4 heteroatoms. The quantitative estimate of drug-likeness (QED) is 0.793. The summed E-state index contributed by atoms with van der Waals surface area (Å²) in [4.78, 5) is 7.92. The number of benzene rings is 1. The van der Waals surface area contributed by atoms with Crippen molar-refractivity contribution in [2.45, 2.75) is 0 Å². The van der Waals surface area contributed by atoms with E-state index in [0.717, 1.165) is 0 Å². The average Bonchev–Trinajstić information content (AvgIpc) is 2.40. The maximum absolute atomic E-state index is 9.85. The van der Waals surface area contributed by atoms with Gasteiger partial charge in [-0.05, 0) is 24.3 Å². The highest BCUT2D eigenvalue weighted by Gasteiger charge is 2.00. The largest absolute Gasteiger partial charge is 0.507 e. The van der Waals surface area contributed by atoms with Crippen LogP contribution in [0.15, 0.2) is 42.9 Å². The topological polar surface area (TPSA) is 69.8 Å². The number of aliphatic hydroxyl groups excluding tert-OH is 1. The Kier molecular flexibility index (Phi) is 3.13. The Hall–Kier alpha value is -2.67. The van der Waals surface area contributed by atoms with Gasteiger partial charge in [0.05, 0.1) is 23.5 Å². The molecule has 82 valence electrons. The predicted octanol–water partition coefficient (Wildman–Crippen LogP) is 2.40. The number of hydrogen-bond acceptors (Lipinski definition) is 4. The van der Waals surface area contributed by atoms with E-state index in [9.17, 15) is 5.11 Å². The van der Waals surface area contributed by atoms with Gasteiger partial charge in [0.15, 0.2) is 0 Å². The Morgan fingerprint density at radius 2 is 2.00 bits per heavy atom. The van der Waals surface area contributed by atoms with E-state index in [0.29, 0.717) is 16.8 Å². The van der Waals surface area contributed by atoms with Crippen molar-refractivity contribution < 1.29 is 5.11 Å². The van der Waals surface area contributed by atoms with Gasteiger partial charge in [-0.2, -0.15) is 5.26 Å². The molecule has 0 bridgehead atoms. The molecule has 2 rings (SSSR count). The van der Waals surface area contributed by atoms with E-state index in [4.69, 9.17) is 5.26 Å². The summed E-state index contributed by atoms with van der Waals surface area (Å²) in [5.74, 6) is 0.0926. The van der Waals surface area contributed by atoms with Gasteiger partial charge < -0.3 is 5.11 Å². The number of hydrogen-bond donors (Lipinski definition) is 1. The summed E-state index contributed by atoms with van der Waals surface area (Å²) >= 11 is 0. The molecule has 0 saturated carbocycles. The zero-order chi connectivity index (χ0) is 12.1. The fourth-order valence-electron chi connectivity index (χ4n) is 1.32. The van der Waals surface area contributed by atoms with Crippen LogP contribution in [0.1, 0.15) is 16.8 Å². The van der Waals surface area contributed by atoms with Gasteiger partial charge in [-0.1, -0.05) is 0 Å². The van der Waals surface area contributed by atoms with Crippen LogP contribution >= 0.6 is 0 Å². The van der Waals surface area contributed by atoms with Crippen molar-refractivity contribution in [3.8, 4) is 6.07 Å². The van der Waals surface area contributed by atoms with Gasteiger partial charge in [-0.15, -0.1) is 0 Å². The Bertz CT molecular complexity index is 568. The molecule has 0 atom stereocenters. The van der Waals surface area contributed by atoms with Gasteiger partial charge >= 0.3 is 0 Å². The van der Waals surface area contributed by atoms with Crippen LogP contribution in [0, 0.1) is 11.3 Å². The molecule has 0 unspecified atom stereocenters. The second-order valence-electron chi connectivity index (χ2n) is 3.35. The highest BCUT2D eigenvalue weighted by atomic mass is 16.3. The zero-order valence-electron chi connectivity index (χ0n) is 8.91. The first kappa shape index (κ1) is 10.8. The summed E-state index contributed by atoms with van der Waals surface area (Å²) in [7, 11) is 0. The molecular weight excluding hydrogens is 214 g/mol. The molecule has 0 fully saturated rings. The van der Waals surface area contributed by atoms with Crippen LogP contribution in [-0.4, -0.2) is 15.1 Å². The first-order valence-corrected chi connectivity index (χ1v) is 4.97. The lowest BCUT2D eigenvalue weighted by atomic mass is 10.1. The van der Waals surface area contributed by atoms with Gasteiger partial charge in [-0.25, -0.2) is 0 Å². The second-order valence-corrected chi connectivity index (χ2v) is 3.35. The molecule has 2 aromatic rings. The predicted molar refractivity (Wildman–Crippen MR) is 63.7 cm³/mol. The Morgan fingerprint density at radius 3 is 2.59 bits per heavy atom. The van der Waals surface area contributed by atoms with E-state index in [-0.39, 0.29) is 5.76 Å². The van der Waals surface area contributed by atoms with Crippen LogP contribution < -0.4 is 0 Å². The fraction of sp³-hybridized carbons (Fsp3) is 0. The number of nitrogens with zero attached hydrogens (tertiary/aromatic N) is 3. The highest BCUT2D eigenvalue weighted by Crippen LogP contribution is 2.14. The zero-order valence-corrected chi connectivity index (χ0v) is 8.91. The lowest BCUT2D eigenvalue weighted by molar-refractivity contribution is 0.515. The third-order valence-corrected chi connectivity index (χ3v) is 2.18. The molecule has 1 heterocycles. The minimum atomic E-state index is 0.0926. The van der Waals surface area contributed by atoms with Gasteiger partial charge in [0.1, 0.15) is 5.76 Å². The third-order valence-electron chi connectivity index (χ3n) is 2.18. The summed E-state index contributed by atoms with van der Waals surface area (Å²) in [6.45, 7) is 0. The molecule has 4 nitrogen and oxygen atoms in total. The summed E-state index contributed by atoms with van der Waals surface area (Å²) < 4.78 is 0. The number of nitriles is 1. The minimum Gasteiger partial charge on any atom is -0.507 e. The number of rotatable bonds is 2. The maximum atomic E-state index is 9.85. The van der Waals surface area contributed by atoms with Crippen LogP contribution in [0.5, 0.6) is 0 Å². The summed E-state index contributed by atoms with van der Waals surface area (Å²) in [5, 5.41) is 18.5. The van der Waals surface area contributed by atoms with Crippen molar-refractivity contribution >= 4 is 11.8 Å². The molecule has 0 radical (unpaired) electrons. The van der Waals surface area contributed by atoms with Gasteiger partial charge in [0, 0.05) is 24.0 Å². The lowest BCUT2D eigenvalue weighted by Crippen LogP contribution is -1.86. The van der Waals surface area contributed by atoms with Crippen LogP contribution in [0.25, 0.3) is 11.8 Å². The van der Waals surface area contributed by atoms with Crippen molar-refractivity contribution in [2.24, 2.45) is 0 Å². The summed E-state index contributed by atoms with van der Waals surface area (Å²) in [6.07, 6.45) is 6.20. The molecule has 0 aliphatic heterocycles. The first-order valence-electron chi connectivity index (χ1n) is 4.97. The van der Waals surface area contributed by atoms with Crippen molar-refractivity contribution in [2.75, 3.05) is 0 Å². The van der Waals surface area contributed by atoms with Crippen LogP contribution in [-0.2, 0) is 0 Å². The standard InChI is InChI=1S/C13H9N3O/c14-8-10-1-3-11(4-2-10)13(17)7-12-9-15-5-6-16-12/h1-7,9,17H/b13-7-. The van der Waals surface area contributed by atoms with E-state index in [1.165, 1.54) is 6.08 Å². The minimum absolute atomic E-state index is 0.0926. The highest BCUT2D eigenvalue weighted by molar-refractivity contribution is 5.74. The van der Waals surface area contributed by atoms with Crippen molar-refractivity contribution in [1.82, 2.24) is 9.97 Å². The van der Waals surface area contributed by atoms with Crippen molar-refractivity contribution in [1.29, 1.82) is 5.26 Å². The lowest BCUT2D eigenvalue weighted by Gasteiger charge is -2.00. The summed E-state index contributed by atoms with van der Waals surface area (Å²) in [5.41, 5.74) is 1.77. The van der Waals surface area contributed by atoms with Gasteiger partial charge in [0.25, 0.3) is 0 Å². The molecule has 1 aromatic heterocycles. The molecule has 17 heavy (non-hydrogen) atoms. The Labute approximate surface area is 98.5 Å².